The maximum atomic E-state index is 12.8. The van der Waals surface area contributed by atoms with Gasteiger partial charge in [-0.1, -0.05) is 59.7 Å². The molecule has 0 fully saturated rings. The van der Waals surface area contributed by atoms with Crippen molar-refractivity contribution < 1.29 is 13.2 Å². The average Bonchev–Trinajstić information content (AvgIpc) is 2.81. The highest BCUT2D eigenvalue weighted by Crippen LogP contribution is 2.24. The molecule has 0 radical (unpaired) electrons. The van der Waals surface area contributed by atoms with E-state index < -0.39 is 9.84 Å². The van der Waals surface area contributed by atoms with Gasteiger partial charge in [-0.05, 0) is 86.3 Å². The Labute approximate surface area is 190 Å². The number of sulfone groups is 1. The van der Waals surface area contributed by atoms with Crippen molar-refractivity contribution in [3.05, 3.63) is 119 Å². The zero-order valence-corrected chi connectivity index (χ0v) is 19.1. The molecule has 0 bridgehead atoms. The van der Waals surface area contributed by atoms with Crippen LogP contribution in [0.25, 0.3) is 0 Å². The summed E-state index contributed by atoms with van der Waals surface area (Å²) in [6, 6.07) is 30.2. The summed E-state index contributed by atoms with van der Waals surface area (Å²) in [7, 11) is -3.49. The van der Waals surface area contributed by atoms with Crippen LogP contribution in [0.1, 0.15) is 22.3 Å². The molecule has 0 saturated carbocycles. The second-order valence-corrected chi connectivity index (χ2v) is 9.97. The summed E-state index contributed by atoms with van der Waals surface area (Å²) < 4.78 is 31.5. The van der Waals surface area contributed by atoms with Crippen molar-refractivity contribution in [1.29, 1.82) is 0 Å². The first-order valence-electron chi connectivity index (χ1n) is 10.6. The maximum absolute atomic E-state index is 12.8. The highest BCUT2D eigenvalue weighted by molar-refractivity contribution is 7.91. The number of hydrogen-bond acceptors (Lipinski definition) is 3. The summed E-state index contributed by atoms with van der Waals surface area (Å²) >= 11 is 0. The zero-order chi connectivity index (χ0) is 22.6. The molecule has 4 heteroatoms. The summed E-state index contributed by atoms with van der Waals surface area (Å²) in [6.45, 7) is 3.99. The largest absolute Gasteiger partial charge is 0.457 e. The van der Waals surface area contributed by atoms with Crippen molar-refractivity contribution in [2.75, 3.05) is 0 Å². The lowest BCUT2D eigenvalue weighted by Crippen LogP contribution is -2.02. The topological polar surface area (TPSA) is 43.4 Å². The molecule has 3 nitrogen and oxygen atoms in total. The van der Waals surface area contributed by atoms with E-state index in [9.17, 15) is 8.42 Å². The van der Waals surface area contributed by atoms with Crippen LogP contribution in [0, 0.1) is 13.8 Å². The summed E-state index contributed by atoms with van der Waals surface area (Å²) in [5, 5.41) is 0. The number of rotatable bonds is 7. The molecular formula is C28H26O3S. The van der Waals surface area contributed by atoms with Crippen molar-refractivity contribution in [2.45, 2.75) is 36.5 Å². The Balaban J connectivity index is 1.37. The third-order valence-corrected chi connectivity index (χ3v) is 7.23. The molecule has 4 aromatic carbocycles. The smallest absolute Gasteiger partial charge is 0.206 e. The molecule has 0 aliphatic carbocycles. The van der Waals surface area contributed by atoms with E-state index in [-0.39, 0.29) is 0 Å². The Morgan fingerprint density at radius 3 is 1.34 bits per heavy atom. The Hall–Kier alpha value is -3.37. The minimum atomic E-state index is -3.49. The lowest BCUT2D eigenvalue weighted by Gasteiger charge is -2.08. The summed E-state index contributed by atoms with van der Waals surface area (Å²) in [5.41, 5.74) is 4.55. The van der Waals surface area contributed by atoms with Crippen LogP contribution in [0.5, 0.6) is 11.5 Å². The molecule has 0 spiro atoms. The molecule has 0 heterocycles. The molecule has 0 N–H and O–H groups in total. The van der Waals surface area contributed by atoms with Crippen LogP contribution in [-0.2, 0) is 22.7 Å². The fraction of sp³-hybridized carbons (Fsp3) is 0.143. The van der Waals surface area contributed by atoms with Gasteiger partial charge in [0.1, 0.15) is 11.5 Å². The van der Waals surface area contributed by atoms with E-state index in [0.717, 1.165) is 35.5 Å². The van der Waals surface area contributed by atoms with Crippen LogP contribution in [0.3, 0.4) is 0 Å². The van der Waals surface area contributed by atoms with Gasteiger partial charge in [0.05, 0.1) is 9.79 Å². The molecule has 0 unspecified atom stereocenters. The van der Waals surface area contributed by atoms with Gasteiger partial charge in [-0.25, -0.2) is 8.42 Å². The van der Waals surface area contributed by atoms with Crippen LogP contribution in [0.2, 0.25) is 0 Å². The van der Waals surface area contributed by atoms with Gasteiger partial charge in [-0.15, -0.1) is 0 Å². The Morgan fingerprint density at radius 1 is 0.531 bits per heavy atom. The number of hydrogen-bond donors (Lipinski definition) is 0. The lowest BCUT2D eigenvalue weighted by molar-refractivity contribution is 0.482. The fourth-order valence-corrected chi connectivity index (χ4v) is 4.70. The quantitative estimate of drug-likeness (QED) is 0.319. The van der Waals surface area contributed by atoms with Gasteiger partial charge in [0, 0.05) is 0 Å². The predicted octanol–water partition coefficient (Wildman–Crippen LogP) is 6.71. The van der Waals surface area contributed by atoms with E-state index >= 15 is 0 Å². The molecule has 4 rings (SSSR count). The number of benzene rings is 4. The van der Waals surface area contributed by atoms with Gasteiger partial charge in [0.15, 0.2) is 0 Å². The average molecular weight is 443 g/mol. The molecule has 32 heavy (non-hydrogen) atoms. The highest BCUT2D eigenvalue weighted by atomic mass is 32.2. The van der Waals surface area contributed by atoms with Crippen LogP contribution in [0.4, 0.5) is 0 Å². The second-order valence-electron chi connectivity index (χ2n) is 8.02. The maximum Gasteiger partial charge on any atom is 0.206 e. The molecule has 0 saturated heterocycles. The van der Waals surface area contributed by atoms with E-state index in [4.69, 9.17) is 4.74 Å². The highest BCUT2D eigenvalue weighted by Gasteiger charge is 2.17. The lowest BCUT2D eigenvalue weighted by atomic mass is 10.0. The fourth-order valence-electron chi connectivity index (χ4n) is 3.44. The summed E-state index contributed by atoms with van der Waals surface area (Å²) in [6.07, 6.45) is 1.71. The molecule has 0 atom stereocenters. The SMILES string of the molecule is Cc1ccc(Oc2ccc(CCc3ccc(S(=O)(=O)c4ccc(C)cc4)cc3)cc2)cc1. The first kappa shape index (κ1) is 21.8. The monoisotopic (exact) mass is 442 g/mol. The van der Waals surface area contributed by atoms with Gasteiger partial charge < -0.3 is 4.74 Å². The Morgan fingerprint density at radius 2 is 0.875 bits per heavy atom. The molecule has 4 aromatic rings. The Kier molecular flexibility index (Phi) is 6.42. The van der Waals surface area contributed by atoms with Gasteiger partial charge in [-0.2, -0.15) is 0 Å². The number of ether oxygens (including phenoxy) is 1. The van der Waals surface area contributed by atoms with Crippen LogP contribution < -0.4 is 4.74 Å². The Bertz CT molecular complexity index is 1270. The van der Waals surface area contributed by atoms with Crippen LogP contribution >= 0.6 is 0 Å². The van der Waals surface area contributed by atoms with Gasteiger partial charge in [0.25, 0.3) is 0 Å². The first-order chi connectivity index (χ1) is 15.4. The van der Waals surface area contributed by atoms with E-state index in [0.29, 0.717) is 9.79 Å². The first-order valence-corrected chi connectivity index (χ1v) is 12.1. The zero-order valence-electron chi connectivity index (χ0n) is 18.3. The van der Waals surface area contributed by atoms with Crippen LogP contribution in [0.15, 0.2) is 107 Å². The van der Waals surface area contributed by atoms with Crippen molar-refractivity contribution in [3.63, 3.8) is 0 Å². The van der Waals surface area contributed by atoms with Crippen molar-refractivity contribution >= 4 is 9.84 Å². The van der Waals surface area contributed by atoms with E-state index in [1.165, 1.54) is 11.1 Å². The minimum absolute atomic E-state index is 0.322. The molecule has 0 amide bonds. The van der Waals surface area contributed by atoms with Gasteiger partial charge >= 0.3 is 0 Å². The summed E-state index contributed by atoms with van der Waals surface area (Å²) in [4.78, 5) is 0.645. The molecular weight excluding hydrogens is 416 g/mol. The third kappa shape index (κ3) is 5.27. The second kappa shape index (κ2) is 9.41. The normalized spacial score (nSPS) is 11.3. The third-order valence-electron chi connectivity index (χ3n) is 5.45. The van der Waals surface area contributed by atoms with Crippen molar-refractivity contribution in [3.8, 4) is 11.5 Å². The molecule has 0 aliphatic rings. The van der Waals surface area contributed by atoms with Gasteiger partial charge in [-0.3, -0.25) is 0 Å². The van der Waals surface area contributed by atoms with Crippen molar-refractivity contribution in [2.24, 2.45) is 0 Å². The standard InChI is InChI=1S/C28H26O3S/c1-21-3-13-25(14-4-21)31-26-15-9-23(10-16-26)7-8-24-11-19-28(20-12-24)32(29,30)27-17-5-22(2)6-18-27/h3-6,9-20H,7-8H2,1-2H3. The molecule has 0 aliphatic heterocycles. The molecule has 0 aromatic heterocycles. The minimum Gasteiger partial charge on any atom is -0.457 e. The number of aryl methyl sites for hydroxylation is 4. The van der Waals surface area contributed by atoms with Gasteiger partial charge in [0.2, 0.25) is 9.84 Å². The molecule has 162 valence electrons. The summed E-state index contributed by atoms with van der Waals surface area (Å²) in [5.74, 6) is 1.63. The predicted molar refractivity (Wildman–Crippen MR) is 128 cm³/mol. The van der Waals surface area contributed by atoms with Crippen LogP contribution in [-0.4, -0.2) is 8.42 Å². The van der Waals surface area contributed by atoms with E-state index in [1.54, 1.807) is 24.3 Å². The van der Waals surface area contributed by atoms with E-state index in [2.05, 4.69) is 19.1 Å². The van der Waals surface area contributed by atoms with Crippen molar-refractivity contribution in [1.82, 2.24) is 0 Å². The van der Waals surface area contributed by atoms with E-state index in [1.807, 2.05) is 67.6 Å².